The highest BCUT2D eigenvalue weighted by atomic mass is 16.3. The van der Waals surface area contributed by atoms with E-state index in [-0.39, 0.29) is 0 Å². The number of benzene rings is 11. The number of rotatable bonds is 5. The second-order valence-electron chi connectivity index (χ2n) is 17.9. The molecule has 0 atom stereocenters. The van der Waals surface area contributed by atoms with Crippen molar-refractivity contribution >= 4 is 93.1 Å². The van der Waals surface area contributed by atoms with Crippen LogP contribution in [0.4, 0.5) is 17.1 Å². The molecule has 0 radical (unpaired) electrons. The Morgan fingerprint density at radius 3 is 1.84 bits per heavy atom. The van der Waals surface area contributed by atoms with Crippen molar-refractivity contribution < 1.29 is 4.42 Å². The molecule has 4 heterocycles. The van der Waals surface area contributed by atoms with E-state index < -0.39 is 0 Å². The van der Waals surface area contributed by atoms with Gasteiger partial charge in [0.25, 0.3) is 0 Å². The van der Waals surface area contributed by atoms with E-state index in [2.05, 4.69) is 216 Å². The van der Waals surface area contributed by atoms with E-state index in [0.29, 0.717) is 17.5 Å². The minimum atomic E-state index is 0.543. The average molecular weight is 880 g/mol. The zero-order valence-electron chi connectivity index (χ0n) is 37.0. The first-order chi connectivity index (χ1) is 34.2. The fourth-order valence-corrected chi connectivity index (χ4v) is 11.1. The van der Waals surface area contributed by atoms with Gasteiger partial charge < -0.3 is 13.9 Å². The van der Waals surface area contributed by atoms with Crippen LogP contribution in [-0.4, -0.2) is 19.5 Å². The van der Waals surface area contributed by atoms with Crippen molar-refractivity contribution in [2.45, 2.75) is 0 Å². The van der Waals surface area contributed by atoms with Crippen molar-refractivity contribution in [3.05, 3.63) is 224 Å². The summed E-state index contributed by atoms with van der Waals surface area (Å²) in [4.78, 5) is 18.4. The Labute approximate surface area is 395 Å². The number of nitrogens with zero attached hydrogens (tertiary/aromatic N) is 5. The van der Waals surface area contributed by atoms with Gasteiger partial charge in [-0.15, -0.1) is 0 Å². The first kappa shape index (κ1) is 37.8. The van der Waals surface area contributed by atoms with Crippen molar-refractivity contribution in [1.29, 1.82) is 0 Å². The van der Waals surface area contributed by atoms with Crippen LogP contribution in [-0.2, 0) is 0 Å². The first-order valence-electron chi connectivity index (χ1n) is 23.3. The summed E-state index contributed by atoms with van der Waals surface area (Å²) in [6.45, 7) is 0. The van der Waals surface area contributed by atoms with Gasteiger partial charge in [0, 0.05) is 54.7 Å². The zero-order valence-corrected chi connectivity index (χ0v) is 37.0. The van der Waals surface area contributed by atoms with E-state index in [1.807, 2.05) is 18.2 Å². The molecule has 0 aliphatic carbocycles. The quantitative estimate of drug-likeness (QED) is 0.172. The second kappa shape index (κ2) is 14.6. The smallest absolute Gasteiger partial charge is 0.167 e. The van der Waals surface area contributed by atoms with Crippen molar-refractivity contribution in [3.63, 3.8) is 0 Å². The number of hydrogen-bond donors (Lipinski definition) is 0. The lowest BCUT2D eigenvalue weighted by Gasteiger charge is -2.35. The highest BCUT2D eigenvalue weighted by molar-refractivity contribution is 6.21. The average Bonchev–Trinajstić information content (AvgIpc) is 3.96. The Balaban J connectivity index is 0.940. The number of hydrogen-bond acceptors (Lipinski definition) is 5. The largest absolute Gasteiger partial charge is 0.455 e. The van der Waals surface area contributed by atoms with Crippen LogP contribution in [0.5, 0.6) is 0 Å². The topological polar surface area (TPSA) is 60.0 Å². The Hall–Kier alpha value is -9.39. The molecule has 1 aliphatic heterocycles. The molecule has 0 N–H and O–H groups in total. The summed E-state index contributed by atoms with van der Waals surface area (Å²) in [5, 5.41) is 11.6. The summed E-state index contributed by atoms with van der Waals surface area (Å²) < 4.78 is 8.93. The molecule has 0 unspecified atom stereocenters. The van der Waals surface area contributed by atoms with Gasteiger partial charge in [-0.25, -0.2) is 15.0 Å². The molecule has 15 rings (SSSR count). The van der Waals surface area contributed by atoms with E-state index in [1.54, 1.807) is 0 Å². The maximum atomic E-state index is 6.60. The molecule has 6 nitrogen and oxygen atoms in total. The molecule has 320 valence electrons. The Bertz CT molecular complexity index is 4450. The summed E-state index contributed by atoms with van der Waals surface area (Å²) in [6, 6.07) is 79.8. The highest BCUT2D eigenvalue weighted by Gasteiger charge is 2.29. The Kier molecular flexibility index (Phi) is 7.97. The normalized spacial score (nSPS) is 12.3. The lowest BCUT2D eigenvalue weighted by molar-refractivity contribution is 0.669. The van der Waals surface area contributed by atoms with Crippen molar-refractivity contribution in [1.82, 2.24) is 19.5 Å². The monoisotopic (exact) mass is 879 g/mol. The van der Waals surface area contributed by atoms with Crippen LogP contribution in [0.3, 0.4) is 0 Å². The predicted molar refractivity (Wildman–Crippen MR) is 284 cm³/mol. The summed E-state index contributed by atoms with van der Waals surface area (Å²) in [5.74, 6) is 1.70. The third-order valence-corrected chi connectivity index (χ3v) is 14.1. The molecule has 3 aromatic heterocycles. The minimum absolute atomic E-state index is 0.543. The van der Waals surface area contributed by atoms with Crippen LogP contribution in [0.1, 0.15) is 0 Å². The Morgan fingerprint density at radius 2 is 0.971 bits per heavy atom. The third-order valence-electron chi connectivity index (χ3n) is 14.1. The van der Waals surface area contributed by atoms with Gasteiger partial charge in [0.2, 0.25) is 0 Å². The molecule has 0 fully saturated rings. The van der Waals surface area contributed by atoms with Crippen molar-refractivity contribution in [3.8, 4) is 51.0 Å². The standard InChI is InChI=1S/C63H37N5O/c1-2-18-43(19-3-1)67-53-26-8-6-21-46(53)47-34-31-42(37-56(47)67)62-64-61(65-63(66-62)51-25-13-23-49-48-22-7-9-29-57(48)69-60(49)51)41-30-33-44-40(36-41)17-12-27-52(44)68-54-28-11-16-39-15-10-24-50(58(39)54)59-45-20-5-4-14-38(45)32-35-55(59)68/h1-37H. The second-order valence-corrected chi connectivity index (χ2v) is 17.9. The first-order valence-corrected chi connectivity index (χ1v) is 23.3. The number of anilines is 3. The van der Waals surface area contributed by atoms with Gasteiger partial charge in [0.15, 0.2) is 17.5 Å². The summed E-state index contributed by atoms with van der Waals surface area (Å²) >= 11 is 0. The van der Waals surface area contributed by atoms with Crippen LogP contribution in [0, 0.1) is 0 Å². The summed E-state index contributed by atoms with van der Waals surface area (Å²) in [7, 11) is 0. The molecular formula is C63H37N5O. The molecule has 0 spiro atoms. The van der Waals surface area contributed by atoms with Crippen LogP contribution in [0.15, 0.2) is 229 Å². The van der Waals surface area contributed by atoms with Gasteiger partial charge in [-0.05, 0) is 87.8 Å². The fraction of sp³-hybridized carbons (Fsp3) is 0. The third kappa shape index (κ3) is 5.63. The van der Waals surface area contributed by atoms with Gasteiger partial charge in [0.05, 0.1) is 33.7 Å². The zero-order chi connectivity index (χ0) is 45.2. The lowest BCUT2D eigenvalue weighted by atomic mass is 9.87. The van der Waals surface area contributed by atoms with Gasteiger partial charge in [0.1, 0.15) is 11.2 Å². The van der Waals surface area contributed by atoms with Crippen LogP contribution in [0.2, 0.25) is 0 Å². The number of furan rings is 1. The summed E-state index contributed by atoms with van der Waals surface area (Å²) in [6.07, 6.45) is 0. The maximum absolute atomic E-state index is 6.60. The molecule has 1 aliphatic rings. The molecule has 0 saturated carbocycles. The Morgan fingerprint density at radius 1 is 0.348 bits per heavy atom. The lowest BCUT2D eigenvalue weighted by Crippen LogP contribution is -2.15. The van der Waals surface area contributed by atoms with E-state index in [9.17, 15) is 0 Å². The van der Waals surface area contributed by atoms with Gasteiger partial charge >= 0.3 is 0 Å². The number of para-hydroxylation sites is 4. The molecule has 14 aromatic rings. The van der Waals surface area contributed by atoms with Crippen LogP contribution >= 0.6 is 0 Å². The molecule has 69 heavy (non-hydrogen) atoms. The molecule has 0 amide bonds. The minimum Gasteiger partial charge on any atom is -0.455 e. The van der Waals surface area contributed by atoms with E-state index >= 15 is 0 Å². The maximum Gasteiger partial charge on any atom is 0.167 e. The fourth-order valence-electron chi connectivity index (χ4n) is 11.1. The molecule has 6 heteroatoms. The van der Waals surface area contributed by atoms with Crippen molar-refractivity contribution in [2.24, 2.45) is 0 Å². The summed E-state index contributed by atoms with van der Waals surface area (Å²) in [5.41, 5.74) is 13.4. The van der Waals surface area contributed by atoms with E-state index in [4.69, 9.17) is 19.4 Å². The van der Waals surface area contributed by atoms with E-state index in [0.717, 1.165) is 88.6 Å². The number of aromatic nitrogens is 4. The SMILES string of the molecule is c1ccc(-n2c3ccccc3c3ccc(-c4nc(-c5ccc6c(N7c8ccc9ccccc9c8-c8cccc9cccc7c89)cccc6c5)nc(-c5cccc6c5oc5ccccc56)n4)cc32)cc1. The van der Waals surface area contributed by atoms with Crippen LogP contribution in [0.25, 0.3) is 127 Å². The number of fused-ring (bicyclic) bond motifs is 11. The van der Waals surface area contributed by atoms with Crippen LogP contribution < -0.4 is 4.90 Å². The molecular weight excluding hydrogens is 843 g/mol. The van der Waals surface area contributed by atoms with E-state index in [1.165, 1.54) is 38.1 Å². The van der Waals surface area contributed by atoms with Gasteiger partial charge in [-0.2, -0.15) is 0 Å². The molecule has 11 aromatic carbocycles. The van der Waals surface area contributed by atoms with Gasteiger partial charge in [-0.3, -0.25) is 0 Å². The van der Waals surface area contributed by atoms with Crippen molar-refractivity contribution in [2.75, 3.05) is 4.90 Å². The molecule has 0 bridgehead atoms. The van der Waals surface area contributed by atoms with Gasteiger partial charge in [-0.1, -0.05) is 164 Å². The molecule has 0 saturated heterocycles. The highest BCUT2D eigenvalue weighted by Crippen LogP contribution is 2.54. The predicted octanol–water partition coefficient (Wildman–Crippen LogP) is 16.8.